The molecule has 2 aromatic carbocycles. The van der Waals surface area contributed by atoms with Crippen LogP contribution in [0, 0.1) is 3.57 Å². The monoisotopic (exact) mass is 497 g/mol. The van der Waals surface area contributed by atoms with E-state index in [2.05, 4.69) is 27.9 Å². The summed E-state index contributed by atoms with van der Waals surface area (Å²) < 4.78 is 13.2. The summed E-state index contributed by atoms with van der Waals surface area (Å²) in [5.74, 6) is 1.20. The molecule has 1 amide bonds. The second kappa shape index (κ2) is 8.88. The van der Waals surface area contributed by atoms with Crippen LogP contribution in [0.3, 0.4) is 0 Å². The SMILES string of the molecule is CCOc1cc(/C=C2\SC(=S)NC2=O)cc(I)c1OCc1ccccc1. The largest absolute Gasteiger partial charge is 0.490 e. The van der Waals surface area contributed by atoms with Crippen molar-refractivity contribution < 1.29 is 14.3 Å². The predicted molar refractivity (Wildman–Crippen MR) is 117 cm³/mol. The first-order valence-electron chi connectivity index (χ1n) is 7.94. The van der Waals surface area contributed by atoms with E-state index >= 15 is 0 Å². The summed E-state index contributed by atoms with van der Waals surface area (Å²) in [5, 5.41) is 2.62. The minimum atomic E-state index is -0.169. The van der Waals surface area contributed by atoms with Gasteiger partial charge in [0.2, 0.25) is 0 Å². The maximum Gasteiger partial charge on any atom is 0.263 e. The standard InChI is InChI=1S/C19H16INO3S2/c1-2-23-15-9-13(10-16-18(22)21-19(25)26-16)8-14(20)17(15)24-11-12-6-4-3-5-7-12/h3-10H,2,11H2,1H3,(H,21,22,25)/b16-10-. The Morgan fingerprint density at radius 3 is 2.65 bits per heavy atom. The van der Waals surface area contributed by atoms with Crippen LogP contribution in [0.5, 0.6) is 11.5 Å². The molecule has 0 radical (unpaired) electrons. The maximum atomic E-state index is 11.9. The van der Waals surface area contributed by atoms with Crippen molar-refractivity contribution in [1.29, 1.82) is 0 Å². The molecule has 134 valence electrons. The molecule has 0 aromatic heterocycles. The number of halogens is 1. The van der Waals surface area contributed by atoms with E-state index in [4.69, 9.17) is 21.7 Å². The summed E-state index contributed by atoms with van der Waals surface area (Å²) in [6, 6.07) is 13.8. The van der Waals surface area contributed by atoms with Crippen LogP contribution in [-0.4, -0.2) is 16.8 Å². The fraction of sp³-hybridized carbons (Fsp3) is 0.158. The summed E-state index contributed by atoms with van der Waals surface area (Å²) in [4.78, 5) is 12.4. The average molecular weight is 497 g/mol. The van der Waals surface area contributed by atoms with E-state index in [0.717, 1.165) is 14.7 Å². The number of ether oxygens (including phenoxy) is 2. The molecule has 3 rings (SSSR count). The first-order chi connectivity index (χ1) is 12.6. The van der Waals surface area contributed by atoms with Crippen LogP contribution < -0.4 is 14.8 Å². The van der Waals surface area contributed by atoms with Crippen molar-refractivity contribution in [1.82, 2.24) is 5.32 Å². The van der Waals surface area contributed by atoms with Crippen LogP contribution >= 0.6 is 46.6 Å². The second-order valence-corrected chi connectivity index (χ2v) is 8.27. The first kappa shape index (κ1) is 19.2. The molecule has 26 heavy (non-hydrogen) atoms. The van der Waals surface area contributed by atoms with Gasteiger partial charge in [0.1, 0.15) is 10.9 Å². The number of amides is 1. The van der Waals surface area contributed by atoms with Gasteiger partial charge in [0.25, 0.3) is 5.91 Å². The smallest absolute Gasteiger partial charge is 0.263 e. The number of thiocarbonyl (C=S) groups is 1. The Morgan fingerprint density at radius 1 is 1.23 bits per heavy atom. The second-order valence-electron chi connectivity index (χ2n) is 5.39. The summed E-state index contributed by atoms with van der Waals surface area (Å²) in [6.45, 7) is 2.92. The molecule has 0 spiro atoms. The van der Waals surface area contributed by atoms with Crippen molar-refractivity contribution in [2.24, 2.45) is 0 Å². The van der Waals surface area contributed by atoms with Gasteiger partial charge in [-0.3, -0.25) is 4.79 Å². The third kappa shape index (κ3) is 4.77. The third-order valence-electron chi connectivity index (χ3n) is 3.50. The predicted octanol–water partition coefficient (Wildman–Crippen LogP) is 4.76. The Bertz CT molecular complexity index is 869. The Morgan fingerprint density at radius 2 is 2.00 bits per heavy atom. The highest BCUT2D eigenvalue weighted by Crippen LogP contribution is 2.36. The molecule has 2 aromatic rings. The minimum Gasteiger partial charge on any atom is -0.490 e. The molecule has 1 heterocycles. The van der Waals surface area contributed by atoms with Gasteiger partial charge in [-0.25, -0.2) is 0 Å². The van der Waals surface area contributed by atoms with E-state index in [9.17, 15) is 4.79 Å². The summed E-state index contributed by atoms with van der Waals surface area (Å²) in [6.07, 6.45) is 1.81. The fourth-order valence-electron chi connectivity index (χ4n) is 2.38. The summed E-state index contributed by atoms with van der Waals surface area (Å²) in [5.41, 5.74) is 1.96. The molecular weight excluding hydrogens is 481 g/mol. The van der Waals surface area contributed by atoms with Crippen molar-refractivity contribution in [3.05, 3.63) is 62.1 Å². The number of benzene rings is 2. The number of hydrogen-bond donors (Lipinski definition) is 1. The van der Waals surface area contributed by atoms with Gasteiger partial charge in [0.15, 0.2) is 11.5 Å². The van der Waals surface area contributed by atoms with Gasteiger partial charge in [-0.15, -0.1) is 0 Å². The van der Waals surface area contributed by atoms with Crippen LogP contribution in [0.25, 0.3) is 6.08 Å². The Labute approximate surface area is 175 Å². The molecule has 7 heteroatoms. The summed E-state index contributed by atoms with van der Waals surface area (Å²) in [7, 11) is 0. The lowest BCUT2D eigenvalue weighted by Crippen LogP contribution is -2.17. The molecule has 1 saturated heterocycles. The molecular formula is C19H16INO3S2. The maximum absolute atomic E-state index is 11.9. The fourth-order valence-corrected chi connectivity index (χ4v) is 4.20. The Kier molecular flexibility index (Phi) is 6.55. The van der Waals surface area contributed by atoms with Gasteiger partial charge in [-0.1, -0.05) is 54.3 Å². The lowest BCUT2D eigenvalue weighted by atomic mass is 10.2. The van der Waals surface area contributed by atoms with Gasteiger partial charge in [-0.05, 0) is 58.9 Å². The zero-order valence-electron chi connectivity index (χ0n) is 14.0. The highest BCUT2D eigenvalue weighted by atomic mass is 127. The third-order valence-corrected chi connectivity index (χ3v) is 5.46. The van der Waals surface area contributed by atoms with E-state index in [1.54, 1.807) is 0 Å². The molecule has 0 unspecified atom stereocenters. The quantitative estimate of drug-likeness (QED) is 0.355. The molecule has 0 saturated carbocycles. The zero-order valence-corrected chi connectivity index (χ0v) is 17.7. The number of rotatable bonds is 6. The molecule has 1 aliphatic heterocycles. The number of thioether (sulfide) groups is 1. The first-order valence-corrected chi connectivity index (χ1v) is 10.2. The number of carbonyl (C=O) groups is 1. The molecule has 0 atom stereocenters. The number of nitrogens with one attached hydrogen (secondary N) is 1. The lowest BCUT2D eigenvalue weighted by molar-refractivity contribution is -0.115. The van der Waals surface area contributed by atoms with Gasteiger partial charge >= 0.3 is 0 Å². The van der Waals surface area contributed by atoms with Crippen molar-refractivity contribution in [3.8, 4) is 11.5 Å². The zero-order chi connectivity index (χ0) is 18.5. The molecule has 0 aliphatic carbocycles. The average Bonchev–Trinajstić information content (AvgIpc) is 2.92. The van der Waals surface area contributed by atoms with Crippen LogP contribution in [0.1, 0.15) is 18.1 Å². The Hall–Kier alpha value is -1.58. The van der Waals surface area contributed by atoms with Crippen molar-refractivity contribution in [2.45, 2.75) is 13.5 Å². The van der Waals surface area contributed by atoms with E-state index < -0.39 is 0 Å². The topological polar surface area (TPSA) is 47.6 Å². The van der Waals surface area contributed by atoms with Crippen molar-refractivity contribution in [2.75, 3.05) is 6.61 Å². The number of carbonyl (C=O) groups excluding carboxylic acids is 1. The van der Waals surface area contributed by atoms with Crippen molar-refractivity contribution >= 4 is 62.9 Å². The van der Waals surface area contributed by atoms with Crippen LogP contribution in [0.15, 0.2) is 47.4 Å². The molecule has 1 N–H and O–H groups in total. The van der Waals surface area contributed by atoms with Crippen molar-refractivity contribution in [3.63, 3.8) is 0 Å². The number of hydrogen-bond acceptors (Lipinski definition) is 5. The highest BCUT2D eigenvalue weighted by molar-refractivity contribution is 14.1. The van der Waals surface area contributed by atoms with Crippen LogP contribution in [-0.2, 0) is 11.4 Å². The van der Waals surface area contributed by atoms with Crippen LogP contribution in [0.2, 0.25) is 0 Å². The molecule has 4 nitrogen and oxygen atoms in total. The lowest BCUT2D eigenvalue weighted by Gasteiger charge is -2.15. The highest BCUT2D eigenvalue weighted by Gasteiger charge is 2.22. The van der Waals surface area contributed by atoms with E-state index in [1.165, 1.54) is 11.8 Å². The normalized spacial score (nSPS) is 15.2. The van der Waals surface area contributed by atoms with Crippen LogP contribution in [0.4, 0.5) is 0 Å². The summed E-state index contributed by atoms with van der Waals surface area (Å²) >= 11 is 8.51. The molecule has 1 fully saturated rings. The van der Waals surface area contributed by atoms with E-state index in [-0.39, 0.29) is 5.91 Å². The van der Waals surface area contributed by atoms with Gasteiger partial charge < -0.3 is 14.8 Å². The van der Waals surface area contributed by atoms with Gasteiger partial charge in [0, 0.05) is 0 Å². The van der Waals surface area contributed by atoms with Gasteiger partial charge in [0.05, 0.1) is 15.1 Å². The van der Waals surface area contributed by atoms with E-state index in [1.807, 2.05) is 55.5 Å². The van der Waals surface area contributed by atoms with E-state index in [0.29, 0.717) is 33.9 Å². The van der Waals surface area contributed by atoms with Gasteiger partial charge in [-0.2, -0.15) is 0 Å². The Balaban J connectivity index is 1.87. The minimum absolute atomic E-state index is 0.169. The molecule has 0 bridgehead atoms. The molecule has 1 aliphatic rings.